The minimum absolute atomic E-state index is 0.301. The summed E-state index contributed by atoms with van der Waals surface area (Å²) in [5, 5.41) is 8.11. The number of likely N-dealkylation sites (N-methyl/N-ethyl adjacent to an activating group) is 1. The molecule has 20 heavy (non-hydrogen) atoms. The van der Waals surface area contributed by atoms with Crippen LogP contribution in [0.4, 0.5) is 0 Å². The van der Waals surface area contributed by atoms with Crippen LogP contribution < -0.4 is 5.32 Å². The zero-order valence-electron chi connectivity index (χ0n) is 13.0. The Morgan fingerprint density at radius 1 is 1.45 bits per heavy atom. The number of aromatic nitrogens is 2. The third kappa shape index (κ3) is 4.30. The first-order valence-electron chi connectivity index (χ1n) is 7.77. The number of nitrogens with one attached hydrogen (secondary N) is 1. The molecule has 2 rings (SSSR count). The molecule has 0 amide bonds. The molecule has 1 saturated heterocycles. The SMILES string of the molecule is CCC(CC)n1ccc(CNCC2CN(C)CCO2)n1. The molecule has 1 aromatic heterocycles. The lowest BCUT2D eigenvalue weighted by Gasteiger charge is -2.30. The third-order valence-electron chi connectivity index (χ3n) is 4.00. The van der Waals surface area contributed by atoms with Gasteiger partial charge in [0, 0.05) is 32.4 Å². The monoisotopic (exact) mass is 280 g/mol. The van der Waals surface area contributed by atoms with E-state index in [0.29, 0.717) is 12.1 Å². The fourth-order valence-electron chi connectivity index (χ4n) is 2.69. The van der Waals surface area contributed by atoms with E-state index in [-0.39, 0.29) is 0 Å². The summed E-state index contributed by atoms with van der Waals surface area (Å²) < 4.78 is 7.83. The lowest BCUT2D eigenvalue weighted by molar-refractivity contribution is -0.0182. The Balaban J connectivity index is 1.74. The summed E-state index contributed by atoms with van der Waals surface area (Å²) in [6.45, 7) is 9.02. The summed E-state index contributed by atoms with van der Waals surface area (Å²) in [5.41, 5.74) is 1.11. The van der Waals surface area contributed by atoms with Crippen LogP contribution in [0.1, 0.15) is 38.4 Å². The average molecular weight is 280 g/mol. The molecule has 114 valence electrons. The molecule has 0 spiro atoms. The van der Waals surface area contributed by atoms with Gasteiger partial charge >= 0.3 is 0 Å². The largest absolute Gasteiger partial charge is 0.374 e. The smallest absolute Gasteiger partial charge is 0.0826 e. The number of hydrogen-bond acceptors (Lipinski definition) is 4. The molecule has 5 nitrogen and oxygen atoms in total. The van der Waals surface area contributed by atoms with Gasteiger partial charge in [-0.2, -0.15) is 5.10 Å². The van der Waals surface area contributed by atoms with Crippen LogP contribution in [-0.2, 0) is 11.3 Å². The highest BCUT2D eigenvalue weighted by Gasteiger charge is 2.17. The molecule has 1 unspecified atom stereocenters. The maximum atomic E-state index is 5.73. The molecule has 0 saturated carbocycles. The zero-order valence-corrected chi connectivity index (χ0v) is 13.0. The maximum Gasteiger partial charge on any atom is 0.0826 e. The Bertz CT molecular complexity index is 389. The molecule has 1 fully saturated rings. The van der Waals surface area contributed by atoms with E-state index in [1.54, 1.807) is 0 Å². The Kier molecular flexibility index (Phi) is 6.01. The molecule has 5 heteroatoms. The molecular weight excluding hydrogens is 252 g/mol. The molecule has 0 aromatic carbocycles. The van der Waals surface area contributed by atoms with Gasteiger partial charge in [0.25, 0.3) is 0 Å². The summed E-state index contributed by atoms with van der Waals surface area (Å²) in [6, 6.07) is 2.64. The van der Waals surface area contributed by atoms with Crippen LogP contribution in [-0.4, -0.2) is 54.1 Å². The van der Waals surface area contributed by atoms with E-state index in [1.165, 1.54) is 0 Å². The van der Waals surface area contributed by atoms with Gasteiger partial charge in [-0.05, 0) is 26.0 Å². The Hall–Kier alpha value is -0.910. The highest BCUT2D eigenvalue weighted by atomic mass is 16.5. The first-order chi connectivity index (χ1) is 9.72. The molecule has 2 heterocycles. The van der Waals surface area contributed by atoms with Crippen molar-refractivity contribution in [2.75, 3.05) is 33.3 Å². The highest BCUT2D eigenvalue weighted by molar-refractivity contribution is 4.99. The second-order valence-corrected chi connectivity index (χ2v) is 5.64. The van der Waals surface area contributed by atoms with E-state index in [0.717, 1.165) is 51.3 Å². The average Bonchev–Trinajstić information content (AvgIpc) is 2.89. The maximum absolute atomic E-state index is 5.73. The molecule has 0 aliphatic carbocycles. The minimum atomic E-state index is 0.301. The fourth-order valence-corrected chi connectivity index (χ4v) is 2.69. The summed E-state index contributed by atoms with van der Waals surface area (Å²) in [4.78, 5) is 2.32. The van der Waals surface area contributed by atoms with Crippen molar-refractivity contribution in [3.05, 3.63) is 18.0 Å². The quantitative estimate of drug-likeness (QED) is 0.825. The minimum Gasteiger partial charge on any atom is -0.374 e. The number of nitrogens with zero attached hydrogens (tertiary/aromatic N) is 3. The second-order valence-electron chi connectivity index (χ2n) is 5.64. The van der Waals surface area contributed by atoms with E-state index in [1.807, 2.05) is 0 Å². The first kappa shape index (κ1) is 15.5. The summed E-state index contributed by atoms with van der Waals surface area (Å²) in [5.74, 6) is 0. The van der Waals surface area contributed by atoms with Crippen molar-refractivity contribution in [1.29, 1.82) is 0 Å². The van der Waals surface area contributed by atoms with Crippen LogP contribution in [0.2, 0.25) is 0 Å². The van der Waals surface area contributed by atoms with Crippen LogP contribution in [0.5, 0.6) is 0 Å². The van der Waals surface area contributed by atoms with Crippen LogP contribution in [0.3, 0.4) is 0 Å². The predicted molar refractivity (Wildman–Crippen MR) is 80.8 cm³/mol. The summed E-state index contributed by atoms with van der Waals surface area (Å²) in [6.07, 6.45) is 4.66. The summed E-state index contributed by atoms with van der Waals surface area (Å²) in [7, 11) is 2.15. The third-order valence-corrected chi connectivity index (χ3v) is 4.00. The Morgan fingerprint density at radius 3 is 2.95 bits per heavy atom. The van der Waals surface area contributed by atoms with E-state index in [4.69, 9.17) is 4.74 Å². The standard InChI is InChI=1S/C15H28N4O/c1-4-14(5-2)19-7-6-13(17-19)10-16-11-15-12-18(3)8-9-20-15/h6-7,14-16H,4-5,8-12H2,1-3H3. The molecule has 1 aliphatic heterocycles. The second kappa shape index (κ2) is 7.76. The molecule has 1 N–H and O–H groups in total. The molecule has 1 aromatic rings. The van der Waals surface area contributed by atoms with Crippen molar-refractivity contribution in [3.8, 4) is 0 Å². The topological polar surface area (TPSA) is 42.3 Å². The van der Waals surface area contributed by atoms with Crippen molar-refractivity contribution in [1.82, 2.24) is 20.0 Å². The first-order valence-corrected chi connectivity index (χ1v) is 7.77. The van der Waals surface area contributed by atoms with Crippen LogP contribution in [0.25, 0.3) is 0 Å². The van der Waals surface area contributed by atoms with Gasteiger partial charge in [-0.15, -0.1) is 0 Å². The van der Waals surface area contributed by atoms with Crippen molar-refractivity contribution in [2.24, 2.45) is 0 Å². The number of morpholine rings is 1. The van der Waals surface area contributed by atoms with Gasteiger partial charge in [-0.3, -0.25) is 4.68 Å². The Morgan fingerprint density at radius 2 is 2.25 bits per heavy atom. The van der Waals surface area contributed by atoms with Crippen molar-refractivity contribution in [2.45, 2.75) is 45.4 Å². The van der Waals surface area contributed by atoms with Gasteiger partial charge in [0.05, 0.1) is 24.4 Å². The molecule has 1 aliphatic rings. The van der Waals surface area contributed by atoms with Crippen LogP contribution in [0, 0.1) is 0 Å². The molecule has 1 atom stereocenters. The van der Waals surface area contributed by atoms with E-state index in [2.05, 4.69) is 53.2 Å². The number of hydrogen-bond donors (Lipinski definition) is 1. The molecule has 0 bridgehead atoms. The van der Waals surface area contributed by atoms with Gasteiger partial charge in [0.2, 0.25) is 0 Å². The van der Waals surface area contributed by atoms with E-state index < -0.39 is 0 Å². The molecular formula is C15H28N4O. The van der Waals surface area contributed by atoms with Gasteiger partial charge in [0.1, 0.15) is 0 Å². The van der Waals surface area contributed by atoms with Gasteiger partial charge in [-0.25, -0.2) is 0 Å². The lowest BCUT2D eigenvalue weighted by Crippen LogP contribution is -2.44. The van der Waals surface area contributed by atoms with Crippen LogP contribution in [0.15, 0.2) is 12.3 Å². The van der Waals surface area contributed by atoms with Gasteiger partial charge < -0.3 is 15.0 Å². The van der Waals surface area contributed by atoms with Gasteiger partial charge in [-0.1, -0.05) is 13.8 Å². The van der Waals surface area contributed by atoms with E-state index in [9.17, 15) is 0 Å². The van der Waals surface area contributed by atoms with E-state index >= 15 is 0 Å². The fraction of sp³-hybridized carbons (Fsp3) is 0.800. The number of ether oxygens (including phenoxy) is 1. The van der Waals surface area contributed by atoms with Crippen molar-refractivity contribution in [3.63, 3.8) is 0 Å². The summed E-state index contributed by atoms with van der Waals surface area (Å²) >= 11 is 0. The normalized spacial score (nSPS) is 20.7. The predicted octanol–water partition coefficient (Wildman–Crippen LogP) is 1.66. The van der Waals surface area contributed by atoms with Crippen LogP contribution >= 0.6 is 0 Å². The number of rotatable bonds is 7. The highest BCUT2D eigenvalue weighted by Crippen LogP contribution is 2.14. The zero-order chi connectivity index (χ0) is 14.4. The molecule has 0 radical (unpaired) electrons. The van der Waals surface area contributed by atoms with Crippen molar-refractivity contribution >= 4 is 0 Å². The van der Waals surface area contributed by atoms with Gasteiger partial charge in [0.15, 0.2) is 0 Å². The lowest BCUT2D eigenvalue weighted by atomic mass is 10.2. The van der Waals surface area contributed by atoms with Crippen molar-refractivity contribution < 1.29 is 4.74 Å². The Labute approximate surface area is 122 Å².